The molecule has 58 valence electrons. The third-order valence-corrected chi connectivity index (χ3v) is 1.33. The van der Waals surface area contributed by atoms with Crippen LogP contribution in [-0.4, -0.2) is 0 Å². The SMILES string of the molecule is N#Cc1ccc(F)c(F)c1C#N. The summed E-state index contributed by atoms with van der Waals surface area (Å²) < 4.78 is 25.1. The number of nitriles is 2. The second kappa shape index (κ2) is 2.98. The number of rotatable bonds is 0. The summed E-state index contributed by atoms with van der Waals surface area (Å²) in [5.41, 5.74) is -0.700. The molecule has 0 N–H and O–H groups in total. The van der Waals surface area contributed by atoms with E-state index in [0.717, 1.165) is 12.1 Å². The van der Waals surface area contributed by atoms with E-state index in [9.17, 15) is 8.78 Å². The van der Waals surface area contributed by atoms with E-state index in [1.807, 2.05) is 0 Å². The smallest absolute Gasteiger partial charge is 0.177 e. The van der Waals surface area contributed by atoms with Crippen LogP contribution in [-0.2, 0) is 0 Å². The summed E-state index contributed by atoms with van der Waals surface area (Å²) in [6.07, 6.45) is 0. The van der Waals surface area contributed by atoms with Crippen molar-refractivity contribution in [2.45, 2.75) is 0 Å². The minimum absolute atomic E-state index is 0.156. The highest BCUT2D eigenvalue weighted by Gasteiger charge is 2.11. The Hall–Kier alpha value is -1.94. The van der Waals surface area contributed by atoms with Gasteiger partial charge in [0.05, 0.1) is 5.56 Å². The van der Waals surface area contributed by atoms with Crippen molar-refractivity contribution in [3.05, 3.63) is 34.9 Å². The second-order valence-electron chi connectivity index (χ2n) is 2.01. The summed E-state index contributed by atoms with van der Waals surface area (Å²) in [4.78, 5) is 0. The van der Waals surface area contributed by atoms with Crippen LogP contribution < -0.4 is 0 Å². The Labute approximate surface area is 67.3 Å². The molecule has 0 bridgehead atoms. The maximum absolute atomic E-state index is 12.7. The fourth-order valence-electron chi connectivity index (χ4n) is 0.753. The fourth-order valence-corrected chi connectivity index (χ4v) is 0.753. The molecule has 0 saturated heterocycles. The lowest BCUT2D eigenvalue weighted by atomic mass is 10.1. The van der Waals surface area contributed by atoms with Crippen molar-refractivity contribution in [1.29, 1.82) is 10.5 Å². The lowest BCUT2D eigenvalue weighted by molar-refractivity contribution is 0.506. The first-order valence-corrected chi connectivity index (χ1v) is 2.99. The van der Waals surface area contributed by atoms with Gasteiger partial charge >= 0.3 is 0 Å². The van der Waals surface area contributed by atoms with Gasteiger partial charge in [0.2, 0.25) is 0 Å². The third-order valence-electron chi connectivity index (χ3n) is 1.33. The Morgan fingerprint density at radius 2 is 1.75 bits per heavy atom. The number of halogens is 2. The minimum Gasteiger partial charge on any atom is -0.204 e. The van der Waals surface area contributed by atoms with E-state index < -0.39 is 17.2 Å². The Morgan fingerprint density at radius 1 is 1.08 bits per heavy atom. The summed E-state index contributed by atoms with van der Waals surface area (Å²) in [6, 6.07) is 4.88. The maximum Gasteiger partial charge on any atom is 0.177 e. The van der Waals surface area contributed by atoms with Crippen molar-refractivity contribution >= 4 is 0 Å². The van der Waals surface area contributed by atoms with Crippen molar-refractivity contribution in [2.75, 3.05) is 0 Å². The van der Waals surface area contributed by atoms with Gasteiger partial charge in [-0.1, -0.05) is 0 Å². The Kier molecular flexibility index (Phi) is 2.02. The van der Waals surface area contributed by atoms with Crippen LogP contribution in [0.15, 0.2) is 12.1 Å². The van der Waals surface area contributed by atoms with Crippen molar-refractivity contribution < 1.29 is 8.78 Å². The highest BCUT2D eigenvalue weighted by molar-refractivity contribution is 5.46. The molecule has 0 aliphatic carbocycles. The van der Waals surface area contributed by atoms with Crippen molar-refractivity contribution in [1.82, 2.24) is 0 Å². The van der Waals surface area contributed by atoms with Gasteiger partial charge < -0.3 is 0 Å². The average Bonchev–Trinajstić information content (AvgIpc) is 2.09. The summed E-state index contributed by atoms with van der Waals surface area (Å²) in [5.74, 6) is -2.39. The van der Waals surface area contributed by atoms with E-state index in [-0.39, 0.29) is 5.56 Å². The Balaban J connectivity index is 3.52. The van der Waals surface area contributed by atoms with E-state index in [2.05, 4.69) is 0 Å². The molecule has 2 nitrogen and oxygen atoms in total. The highest BCUT2D eigenvalue weighted by Crippen LogP contribution is 2.14. The van der Waals surface area contributed by atoms with Gasteiger partial charge in [-0.05, 0) is 12.1 Å². The van der Waals surface area contributed by atoms with Gasteiger partial charge in [-0.15, -0.1) is 0 Å². The molecule has 0 atom stereocenters. The minimum atomic E-state index is -1.27. The molecular weight excluding hydrogens is 162 g/mol. The molecule has 0 heterocycles. The predicted octanol–water partition coefficient (Wildman–Crippen LogP) is 1.71. The van der Waals surface area contributed by atoms with Gasteiger partial charge in [0.1, 0.15) is 17.7 Å². The maximum atomic E-state index is 12.7. The average molecular weight is 164 g/mol. The molecule has 0 spiro atoms. The molecule has 0 radical (unpaired) electrons. The highest BCUT2D eigenvalue weighted by atomic mass is 19.2. The van der Waals surface area contributed by atoms with Crippen LogP contribution in [0.3, 0.4) is 0 Å². The molecule has 0 amide bonds. The van der Waals surface area contributed by atoms with Gasteiger partial charge in [0.15, 0.2) is 11.6 Å². The number of hydrogen-bond donors (Lipinski definition) is 0. The molecule has 0 aliphatic rings. The summed E-state index contributed by atoms with van der Waals surface area (Å²) in [5, 5.41) is 16.7. The molecule has 1 aromatic rings. The molecule has 1 aromatic carbocycles. The normalized spacial score (nSPS) is 8.67. The van der Waals surface area contributed by atoms with E-state index in [0.29, 0.717) is 0 Å². The lowest BCUT2D eigenvalue weighted by Crippen LogP contribution is -1.93. The standard InChI is InChI=1S/C8H2F2N2/c9-7-2-1-5(3-11)6(4-12)8(7)10/h1-2H. The van der Waals surface area contributed by atoms with Gasteiger partial charge in [-0.3, -0.25) is 0 Å². The van der Waals surface area contributed by atoms with Crippen LogP contribution in [0.2, 0.25) is 0 Å². The molecule has 1 rings (SSSR count). The van der Waals surface area contributed by atoms with Crippen molar-refractivity contribution in [3.8, 4) is 12.1 Å². The van der Waals surface area contributed by atoms with E-state index in [1.54, 1.807) is 6.07 Å². The summed E-state index contributed by atoms with van der Waals surface area (Å²) in [7, 11) is 0. The quantitative estimate of drug-likeness (QED) is 0.585. The zero-order valence-corrected chi connectivity index (χ0v) is 5.81. The van der Waals surface area contributed by atoms with Crippen molar-refractivity contribution in [2.24, 2.45) is 0 Å². The fraction of sp³-hybridized carbons (Fsp3) is 0. The molecule has 0 unspecified atom stereocenters. The van der Waals surface area contributed by atoms with Crippen LogP contribution in [0, 0.1) is 34.3 Å². The monoisotopic (exact) mass is 164 g/mol. The van der Waals surface area contributed by atoms with Crippen molar-refractivity contribution in [3.63, 3.8) is 0 Å². The largest absolute Gasteiger partial charge is 0.204 e. The second-order valence-corrected chi connectivity index (χ2v) is 2.01. The topological polar surface area (TPSA) is 47.6 Å². The number of nitrogens with zero attached hydrogens (tertiary/aromatic N) is 2. The molecular formula is C8H2F2N2. The van der Waals surface area contributed by atoms with Crippen LogP contribution in [0.4, 0.5) is 8.78 Å². The van der Waals surface area contributed by atoms with Gasteiger partial charge in [0.25, 0.3) is 0 Å². The van der Waals surface area contributed by atoms with Gasteiger partial charge in [0, 0.05) is 0 Å². The van der Waals surface area contributed by atoms with Crippen LogP contribution in [0.1, 0.15) is 11.1 Å². The van der Waals surface area contributed by atoms with Crippen LogP contribution >= 0.6 is 0 Å². The van der Waals surface area contributed by atoms with Gasteiger partial charge in [-0.25, -0.2) is 8.78 Å². The zero-order valence-electron chi connectivity index (χ0n) is 5.81. The predicted molar refractivity (Wildman–Crippen MR) is 35.8 cm³/mol. The van der Waals surface area contributed by atoms with Crippen LogP contribution in [0.25, 0.3) is 0 Å². The molecule has 12 heavy (non-hydrogen) atoms. The first-order chi connectivity index (χ1) is 5.70. The summed E-state index contributed by atoms with van der Waals surface area (Å²) in [6.45, 7) is 0. The number of benzene rings is 1. The van der Waals surface area contributed by atoms with Crippen LogP contribution in [0.5, 0.6) is 0 Å². The van der Waals surface area contributed by atoms with E-state index in [1.165, 1.54) is 6.07 Å². The van der Waals surface area contributed by atoms with E-state index >= 15 is 0 Å². The molecule has 0 saturated carbocycles. The number of hydrogen-bond acceptors (Lipinski definition) is 2. The molecule has 0 aromatic heterocycles. The third kappa shape index (κ3) is 1.11. The Morgan fingerprint density at radius 3 is 2.25 bits per heavy atom. The molecule has 0 aliphatic heterocycles. The molecule has 0 fully saturated rings. The Bertz CT molecular complexity index is 399. The van der Waals surface area contributed by atoms with E-state index in [4.69, 9.17) is 10.5 Å². The summed E-state index contributed by atoms with van der Waals surface area (Å²) >= 11 is 0. The van der Waals surface area contributed by atoms with Gasteiger partial charge in [-0.2, -0.15) is 10.5 Å². The first-order valence-electron chi connectivity index (χ1n) is 2.99. The molecule has 4 heteroatoms. The lowest BCUT2D eigenvalue weighted by Gasteiger charge is -1.95. The zero-order chi connectivity index (χ0) is 9.14. The first kappa shape index (κ1) is 8.16.